The van der Waals surface area contributed by atoms with Crippen LogP contribution >= 0.6 is 0 Å². The number of hydrogen-bond acceptors (Lipinski definition) is 2. The van der Waals surface area contributed by atoms with Crippen LogP contribution in [0, 0.1) is 25.5 Å². The van der Waals surface area contributed by atoms with Gasteiger partial charge in [-0.25, -0.2) is 8.78 Å². The molecule has 0 bridgehead atoms. The Hall–Kier alpha value is -1.29. The molecule has 2 nitrogen and oxygen atoms in total. The Morgan fingerprint density at radius 1 is 1.27 bits per heavy atom. The van der Waals surface area contributed by atoms with Crippen molar-refractivity contribution >= 4 is 5.78 Å². The molecule has 0 fully saturated rings. The van der Waals surface area contributed by atoms with Crippen molar-refractivity contribution in [1.29, 1.82) is 0 Å². The molecule has 2 N–H and O–H groups in total. The van der Waals surface area contributed by atoms with Gasteiger partial charge in [0, 0.05) is 0 Å². The average molecular weight is 213 g/mol. The Labute approximate surface area is 87.1 Å². The fourth-order valence-electron chi connectivity index (χ4n) is 1.39. The monoisotopic (exact) mass is 213 g/mol. The minimum Gasteiger partial charge on any atom is -0.321 e. The molecule has 0 spiro atoms. The molecule has 0 saturated heterocycles. The molecule has 4 heteroatoms. The summed E-state index contributed by atoms with van der Waals surface area (Å²) in [5.41, 5.74) is 5.29. The second-order valence-corrected chi connectivity index (χ2v) is 3.67. The second kappa shape index (κ2) is 4.06. The average Bonchev–Trinajstić information content (AvgIpc) is 2.15. The number of nitrogens with two attached hydrogens (primary N) is 1. The van der Waals surface area contributed by atoms with Crippen LogP contribution in [0.3, 0.4) is 0 Å². The molecule has 1 aromatic carbocycles. The number of carbonyl (C=O) groups is 1. The van der Waals surface area contributed by atoms with E-state index in [2.05, 4.69) is 0 Å². The van der Waals surface area contributed by atoms with Crippen LogP contribution in [0.15, 0.2) is 6.07 Å². The van der Waals surface area contributed by atoms with Gasteiger partial charge in [-0.05, 0) is 31.9 Å². The van der Waals surface area contributed by atoms with Gasteiger partial charge in [-0.3, -0.25) is 4.79 Å². The molecule has 0 radical (unpaired) electrons. The van der Waals surface area contributed by atoms with Crippen molar-refractivity contribution in [2.45, 2.75) is 26.8 Å². The van der Waals surface area contributed by atoms with Crippen LogP contribution in [0.5, 0.6) is 0 Å². The van der Waals surface area contributed by atoms with Gasteiger partial charge in [-0.1, -0.05) is 6.07 Å². The molecule has 0 heterocycles. The van der Waals surface area contributed by atoms with Gasteiger partial charge in [0.25, 0.3) is 0 Å². The van der Waals surface area contributed by atoms with Crippen molar-refractivity contribution in [1.82, 2.24) is 0 Å². The molecular formula is C11H13F2NO. The predicted molar refractivity (Wildman–Crippen MR) is 53.8 cm³/mol. The van der Waals surface area contributed by atoms with E-state index >= 15 is 0 Å². The van der Waals surface area contributed by atoms with E-state index in [1.54, 1.807) is 0 Å². The van der Waals surface area contributed by atoms with Gasteiger partial charge in [0.2, 0.25) is 0 Å². The first kappa shape index (κ1) is 11.8. The molecule has 1 aromatic rings. The SMILES string of the molecule is Cc1cc(C)c(F)c(C(=O)C(C)N)c1F. The minimum atomic E-state index is -0.907. The number of benzene rings is 1. The maximum absolute atomic E-state index is 13.5. The first-order valence-corrected chi connectivity index (χ1v) is 4.61. The van der Waals surface area contributed by atoms with Crippen LogP contribution in [0.25, 0.3) is 0 Å². The fraction of sp³-hybridized carbons (Fsp3) is 0.364. The van der Waals surface area contributed by atoms with Crippen molar-refractivity contribution < 1.29 is 13.6 Å². The molecule has 1 rings (SSSR count). The summed E-state index contributed by atoms with van der Waals surface area (Å²) >= 11 is 0. The molecule has 0 aliphatic rings. The highest BCUT2D eigenvalue weighted by molar-refractivity contribution is 6.00. The number of halogens is 2. The molecule has 82 valence electrons. The van der Waals surface area contributed by atoms with Crippen LogP contribution in [-0.4, -0.2) is 11.8 Å². The predicted octanol–water partition coefficient (Wildman–Crippen LogP) is 2.11. The smallest absolute Gasteiger partial charge is 0.185 e. The number of Topliss-reactive ketones (excluding diaryl/α,β-unsaturated/α-hetero) is 1. The fourth-order valence-corrected chi connectivity index (χ4v) is 1.39. The highest BCUT2D eigenvalue weighted by Crippen LogP contribution is 2.21. The third-order valence-electron chi connectivity index (χ3n) is 2.22. The van der Waals surface area contributed by atoms with Crippen LogP contribution in [0.4, 0.5) is 8.78 Å². The van der Waals surface area contributed by atoms with Crippen LogP contribution in [-0.2, 0) is 0 Å². The zero-order chi connectivity index (χ0) is 11.7. The van der Waals surface area contributed by atoms with E-state index in [1.807, 2.05) is 0 Å². The Bertz CT molecular complexity index is 387. The van der Waals surface area contributed by atoms with E-state index < -0.39 is 29.0 Å². The Balaban J connectivity index is 3.46. The summed E-state index contributed by atoms with van der Waals surface area (Å²) in [6, 6.07) is 0.456. The largest absolute Gasteiger partial charge is 0.321 e. The minimum absolute atomic E-state index is 0.248. The zero-order valence-electron chi connectivity index (χ0n) is 8.90. The lowest BCUT2D eigenvalue weighted by atomic mass is 9.99. The van der Waals surface area contributed by atoms with Crippen LogP contribution in [0.2, 0.25) is 0 Å². The van der Waals surface area contributed by atoms with Gasteiger partial charge < -0.3 is 5.73 Å². The zero-order valence-corrected chi connectivity index (χ0v) is 8.90. The normalized spacial score (nSPS) is 12.7. The van der Waals surface area contributed by atoms with Gasteiger partial charge in [-0.15, -0.1) is 0 Å². The maximum atomic E-state index is 13.5. The maximum Gasteiger partial charge on any atom is 0.185 e. The lowest BCUT2D eigenvalue weighted by Gasteiger charge is -2.10. The molecular weight excluding hydrogens is 200 g/mol. The summed E-state index contributed by atoms with van der Waals surface area (Å²) in [5.74, 6) is -2.35. The lowest BCUT2D eigenvalue weighted by molar-refractivity contribution is 0.0959. The molecule has 15 heavy (non-hydrogen) atoms. The summed E-state index contributed by atoms with van der Waals surface area (Å²) in [7, 11) is 0. The number of hydrogen-bond donors (Lipinski definition) is 1. The third-order valence-corrected chi connectivity index (χ3v) is 2.22. The molecule has 1 unspecified atom stereocenters. The highest BCUT2D eigenvalue weighted by Gasteiger charge is 2.23. The van der Waals surface area contributed by atoms with Gasteiger partial charge in [-0.2, -0.15) is 0 Å². The van der Waals surface area contributed by atoms with Gasteiger partial charge >= 0.3 is 0 Å². The first-order chi connectivity index (χ1) is 6.86. The molecule has 0 amide bonds. The van der Waals surface area contributed by atoms with E-state index in [0.29, 0.717) is 0 Å². The van der Waals surface area contributed by atoms with Gasteiger partial charge in [0.05, 0.1) is 11.6 Å². The van der Waals surface area contributed by atoms with E-state index in [9.17, 15) is 13.6 Å². The van der Waals surface area contributed by atoms with Crippen molar-refractivity contribution in [3.63, 3.8) is 0 Å². The quantitative estimate of drug-likeness (QED) is 0.764. The molecule has 0 aliphatic carbocycles. The highest BCUT2D eigenvalue weighted by atomic mass is 19.1. The number of ketones is 1. The first-order valence-electron chi connectivity index (χ1n) is 4.61. The molecule has 0 aromatic heterocycles. The third kappa shape index (κ3) is 2.04. The molecule has 1 atom stereocenters. The van der Waals surface area contributed by atoms with E-state index in [0.717, 1.165) is 0 Å². The lowest BCUT2D eigenvalue weighted by Crippen LogP contribution is -2.28. The van der Waals surface area contributed by atoms with E-state index in [1.165, 1.54) is 26.8 Å². The van der Waals surface area contributed by atoms with Crippen molar-refractivity contribution in [2.75, 3.05) is 0 Å². The number of aryl methyl sites for hydroxylation is 2. The van der Waals surface area contributed by atoms with Crippen molar-refractivity contribution in [3.8, 4) is 0 Å². The summed E-state index contributed by atoms with van der Waals surface area (Å²) in [4.78, 5) is 11.5. The summed E-state index contributed by atoms with van der Waals surface area (Å²) in [5, 5.41) is 0. The molecule has 0 saturated carbocycles. The number of carbonyl (C=O) groups excluding carboxylic acids is 1. The van der Waals surface area contributed by atoms with Crippen LogP contribution in [0.1, 0.15) is 28.4 Å². The Morgan fingerprint density at radius 2 is 1.67 bits per heavy atom. The summed E-state index contributed by atoms with van der Waals surface area (Å²) in [6.07, 6.45) is 0. The second-order valence-electron chi connectivity index (χ2n) is 3.67. The Kier molecular flexibility index (Phi) is 3.19. The van der Waals surface area contributed by atoms with Crippen LogP contribution < -0.4 is 5.73 Å². The van der Waals surface area contributed by atoms with Crippen molar-refractivity contribution in [2.24, 2.45) is 5.73 Å². The summed E-state index contributed by atoms with van der Waals surface area (Å²) in [6.45, 7) is 4.37. The standard InChI is InChI=1S/C11H13F2NO/c1-5-4-6(2)10(13)8(9(5)12)11(15)7(3)14/h4,7H,14H2,1-3H3. The summed E-state index contributed by atoms with van der Waals surface area (Å²) < 4.78 is 27.1. The van der Waals surface area contributed by atoms with E-state index in [4.69, 9.17) is 5.73 Å². The van der Waals surface area contributed by atoms with Gasteiger partial charge in [0.15, 0.2) is 5.78 Å². The Morgan fingerprint density at radius 3 is 2.00 bits per heavy atom. The van der Waals surface area contributed by atoms with E-state index in [-0.39, 0.29) is 11.1 Å². The van der Waals surface area contributed by atoms with Crippen molar-refractivity contribution in [3.05, 3.63) is 34.4 Å². The van der Waals surface area contributed by atoms with Gasteiger partial charge in [0.1, 0.15) is 11.6 Å². The number of rotatable bonds is 2. The molecule has 0 aliphatic heterocycles. The topological polar surface area (TPSA) is 43.1 Å².